The lowest BCUT2D eigenvalue weighted by atomic mass is 9.91. The van der Waals surface area contributed by atoms with Crippen LogP contribution in [0.15, 0.2) is 27.0 Å². The summed E-state index contributed by atoms with van der Waals surface area (Å²) in [6.07, 6.45) is 4.78. The summed E-state index contributed by atoms with van der Waals surface area (Å²) in [5, 5.41) is 3.00. The molecule has 3 rings (SSSR count). The van der Waals surface area contributed by atoms with Crippen molar-refractivity contribution >= 4 is 21.8 Å². The summed E-state index contributed by atoms with van der Waals surface area (Å²) in [5.41, 5.74) is 1.70. The lowest BCUT2D eigenvalue weighted by molar-refractivity contribution is 0.0931. The van der Waals surface area contributed by atoms with Crippen molar-refractivity contribution in [3.63, 3.8) is 0 Å². The van der Waals surface area contributed by atoms with Crippen LogP contribution in [0.5, 0.6) is 0 Å². The van der Waals surface area contributed by atoms with Crippen LogP contribution in [0.25, 0.3) is 0 Å². The number of hydrogen-bond donors (Lipinski definition) is 1. The van der Waals surface area contributed by atoms with Gasteiger partial charge in [-0.3, -0.25) is 14.2 Å². The van der Waals surface area contributed by atoms with Gasteiger partial charge in [-0.15, -0.1) is 0 Å². The molecule has 1 unspecified atom stereocenters. The fourth-order valence-electron chi connectivity index (χ4n) is 3.14. The number of carbonyl (C=O) groups is 1. The first-order valence-electron chi connectivity index (χ1n) is 6.38. The van der Waals surface area contributed by atoms with Gasteiger partial charge in [-0.05, 0) is 66.7 Å². The molecule has 0 bridgehead atoms. The monoisotopic (exact) mass is 322 g/mol. The highest BCUT2D eigenvalue weighted by Gasteiger charge is 2.43. The van der Waals surface area contributed by atoms with Crippen LogP contribution in [0.3, 0.4) is 0 Å². The van der Waals surface area contributed by atoms with Crippen LogP contribution < -0.4 is 10.9 Å². The molecule has 100 valence electrons. The zero-order valence-corrected chi connectivity index (χ0v) is 12.5. The molecule has 0 radical (unpaired) electrons. The van der Waals surface area contributed by atoms with Gasteiger partial charge in [-0.2, -0.15) is 0 Å². The van der Waals surface area contributed by atoms with E-state index in [1.165, 1.54) is 5.57 Å². The Labute approximate surface area is 119 Å². The number of pyridine rings is 1. The van der Waals surface area contributed by atoms with Crippen LogP contribution in [-0.2, 0) is 5.66 Å². The second-order valence-corrected chi connectivity index (χ2v) is 6.24. The number of amides is 1. The number of nitrogens with zero attached hydrogens (tertiary/aromatic N) is 1. The molecule has 1 aromatic rings. The Balaban J connectivity index is 2.36. The van der Waals surface area contributed by atoms with Crippen molar-refractivity contribution in [2.24, 2.45) is 0 Å². The number of nitrogens with one attached hydrogen (secondary N) is 1. The van der Waals surface area contributed by atoms with Crippen molar-refractivity contribution in [1.82, 2.24) is 9.88 Å². The largest absolute Gasteiger partial charge is 0.324 e. The molecule has 0 saturated heterocycles. The molecule has 2 aliphatic rings. The Hall–Kier alpha value is -1.36. The van der Waals surface area contributed by atoms with Crippen molar-refractivity contribution in [2.45, 2.75) is 38.8 Å². The highest BCUT2D eigenvalue weighted by atomic mass is 79.9. The molecule has 5 heteroatoms. The second kappa shape index (κ2) is 4.07. The summed E-state index contributed by atoms with van der Waals surface area (Å²) < 4.78 is 2.12. The van der Waals surface area contributed by atoms with E-state index in [0.29, 0.717) is 10.2 Å². The summed E-state index contributed by atoms with van der Waals surface area (Å²) in [6, 6.07) is 1.71. The number of carbonyl (C=O) groups excluding carboxylic acids is 1. The predicted molar refractivity (Wildman–Crippen MR) is 76.2 cm³/mol. The number of halogens is 1. The lowest BCUT2D eigenvalue weighted by Crippen LogP contribution is -2.47. The molecule has 4 nitrogen and oxygen atoms in total. The van der Waals surface area contributed by atoms with Gasteiger partial charge in [-0.25, -0.2) is 0 Å². The van der Waals surface area contributed by atoms with E-state index < -0.39 is 5.66 Å². The zero-order chi connectivity index (χ0) is 13.8. The minimum atomic E-state index is -0.666. The van der Waals surface area contributed by atoms with Crippen LogP contribution in [0.4, 0.5) is 0 Å². The molecule has 1 aliphatic heterocycles. The van der Waals surface area contributed by atoms with E-state index in [-0.39, 0.29) is 11.5 Å². The number of fused-ring (bicyclic) bond motifs is 2. The highest BCUT2D eigenvalue weighted by molar-refractivity contribution is 9.10. The maximum atomic E-state index is 12.4. The standard InChI is InChI=1S/C14H15BrN2O2/c1-8-4-3-5-14(7-8)16-12(18)11-9(2)6-10(15)13(19)17(11)14/h6-7H,3-5H2,1-2H3,(H,16,18). The Morgan fingerprint density at radius 3 is 2.79 bits per heavy atom. The molecular formula is C14H15BrN2O2. The summed E-state index contributed by atoms with van der Waals surface area (Å²) in [7, 11) is 0. The van der Waals surface area contributed by atoms with Crippen molar-refractivity contribution in [2.75, 3.05) is 0 Å². The van der Waals surface area contributed by atoms with Crippen molar-refractivity contribution < 1.29 is 4.79 Å². The molecule has 2 heterocycles. The van der Waals surface area contributed by atoms with Gasteiger partial charge in [0.2, 0.25) is 0 Å². The maximum Gasteiger partial charge on any atom is 0.270 e. The maximum absolute atomic E-state index is 12.4. The molecule has 1 aliphatic carbocycles. The zero-order valence-electron chi connectivity index (χ0n) is 10.9. The molecule has 0 aromatic carbocycles. The molecule has 0 saturated carbocycles. The first kappa shape index (κ1) is 12.7. The highest BCUT2D eigenvalue weighted by Crippen LogP contribution is 2.35. The van der Waals surface area contributed by atoms with E-state index in [1.54, 1.807) is 10.6 Å². The molecule has 1 aromatic heterocycles. The summed E-state index contributed by atoms with van der Waals surface area (Å²) >= 11 is 3.29. The van der Waals surface area contributed by atoms with Gasteiger partial charge in [-0.1, -0.05) is 5.57 Å². The fraction of sp³-hybridized carbons (Fsp3) is 0.429. The third-order valence-corrected chi connectivity index (χ3v) is 4.47. The van der Waals surface area contributed by atoms with E-state index in [0.717, 1.165) is 24.8 Å². The number of hydrogen-bond acceptors (Lipinski definition) is 2. The third-order valence-electron chi connectivity index (χ3n) is 3.91. The van der Waals surface area contributed by atoms with Gasteiger partial charge in [0, 0.05) is 0 Å². The average molecular weight is 323 g/mol. The third kappa shape index (κ3) is 1.71. The smallest absolute Gasteiger partial charge is 0.270 e. The van der Waals surface area contributed by atoms with Gasteiger partial charge in [0.25, 0.3) is 11.5 Å². The van der Waals surface area contributed by atoms with E-state index in [9.17, 15) is 9.59 Å². The second-order valence-electron chi connectivity index (χ2n) is 5.39. The van der Waals surface area contributed by atoms with Crippen molar-refractivity contribution in [1.29, 1.82) is 0 Å². The van der Waals surface area contributed by atoms with E-state index in [4.69, 9.17) is 0 Å². The number of aromatic nitrogens is 1. The van der Waals surface area contributed by atoms with Crippen LogP contribution in [0.1, 0.15) is 42.2 Å². The molecule has 1 atom stereocenters. The predicted octanol–water partition coefficient (Wildman–Crippen LogP) is 2.45. The topological polar surface area (TPSA) is 51.1 Å². The Morgan fingerprint density at radius 1 is 1.37 bits per heavy atom. The molecule has 1 spiro atoms. The fourth-order valence-corrected chi connectivity index (χ4v) is 3.66. The first-order valence-corrected chi connectivity index (χ1v) is 7.17. The molecule has 1 amide bonds. The van der Waals surface area contributed by atoms with Crippen LogP contribution >= 0.6 is 15.9 Å². The summed E-state index contributed by atoms with van der Waals surface area (Å²) in [6.45, 7) is 3.90. The number of aryl methyl sites for hydroxylation is 1. The van der Waals surface area contributed by atoms with Crippen LogP contribution in [0, 0.1) is 6.92 Å². The van der Waals surface area contributed by atoms with Gasteiger partial charge in [0.05, 0.1) is 4.47 Å². The van der Waals surface area contributed by atoms with Gasteiger partial charge in [0.1, 0.15) is 11.4 Å². The Kier molecular flexibility index (Phi) is 2.71. The van der Waals surface area contributed by atoms with Crippen LogP contribution in [0.2, 0.25) is 0 Å². The Bertz CT molecular complexity index is 675. The molecule has 1 N–H and O–H groups in total. The Morgan fingerprint density at radius 2 is 2.11 bits per heavy atom. The molecular weight excluding hydrogens is 308 g/mol. The van der Waals surface area contributed by atoms with E-state index >= 15 is 0 Å². The molecule has 0 fully saturated rings. The van der Waals surface area contributed by atoms with Gasteiger partial charge in [0.15, 0.2) is 0 Å². The minimum Gasteiger partial charge on any atom is -0.324 e. The minimum absolute atomic E-state index is 0.148. The van der Waals surface area contributed by atoms with Crippen LogP contribution in [-0.4, -0.2) is 10.5 Å². The summed E-state index contributed by atoms with van der Waals surface area (Å²) in [4.78, 5) is 24.6. The van der Waals surface area contributed by atoms with E-state index in [2.05, 4.69) is 21.2 Å². The normalized spacial score (nSPS) is 25.2. The SMILES string of the molecule is CC1=CC2(CCC1)NC(=O)c1c(C)cc(Br)c(=O)n12. The van der Waals surface area contributed by atoms with E-state index in [1.807, 2.05) is 19.9 Å². The quantitative estimate of drug-likeness (QED) is 0.746. The van der Waals surface area contributed by atoms with Gasteiger partial charge >= 0.3 is 0 Å². The lowest BCUT2D eigenvalue weighted by Gasteiger charge is -2.32. The number of rotatable bonds is 0. The van der Waals surface area contributed by atoms with Gasteiger partial charge < -0.3 is 5.32 Å². The molecule has 19 heavy (non-hydrogen) atoms. The van der Waals surface area contributed by atoms with Crippen molar-refractivity contribution in [3.05, 3.63) is 43.8 Å². The average Bonchev–Trinajstić information content (AvgIpc) is 2.59. The first-order chi connectivity index (χ1) is 8.94. The van der Waals surface area contributed by atoms with Crippen molar-refractivity contribution in [3.8, 4) is 0 Å². The number of allylic oxidation sites excluding steroid dienone is 1. The summed E-state index contributed by atoms with van der Waals surface area (Å²) in [5.74, 6) is -0.159.